The number of imidazole rings is 1. The van der Waals surface area contributed by atoms with Gasteiger partial charge >= 0.3 is 6.09 Å². The first kappa shape index (κ1) is 27.1. The molecule has 7 nitrogen and oxygen atoms in total. The third-order valence-corrected chi connectivity index (χ3v) is 7.50. The molecule has 2 aromatic rings. The summed E-state index contributed by atoms with van der Waals surface area (Å²) in [7, 11) is 0. The van der Waals surface area contributed by atoms with Crippen LogP contribution in [0.15, 0.2) is 24.3 Å². The number of para-hydroxylation sites is 1. The minimum Gasteiger partial charge on any atom is -0.447 e. The molecule has 0 atom stereocenters. The quantitative estimate of drug-likeness (QED) is 0.422. The van der Waals surface area contributed by atoms with Gasteiger partial charge in [0, 0.05) is 35.8 Å². The van der Waals surface area contributed by atoms with Crippen molar-refractivity contribution in [1.29, 1.82) is 0 Å². The first-order chi connectivity index (χ1) is 17.4. The van der Waals surface area contributed by atoms with Crippen molar-refractivity contribution in [3.63, 3.8) is 0 Å². The summed E-state index contributed by atoms with van der Waals surface area (Å²) in [6, 6.07) is 7.58. The lowest BCUT2D eigenvalue weighted by atomic mass is 9.75. The Morgan fingerprint density at radius 1 is 1.19 bits per heavy atom. The van der Waals surface area contributed by atoms with Crippen LogP contribution in [-0.4, -0.2) is 52.1 Å². The van der Waals surface area contributed by atoms with Crippen LogP contribution in [0.3, 0.4) is 0 Å². The molecule has 0 saturated carbocycles. The Bertz CT molecular complexity index is 1140. The number of fused-ring (bicyclic) bond motifs is 1. The fourth-order valence-electron chi connectivity index (χ4n) is 5.30. The van der Waals surface area contributed by atoms with E-state index < -0.39 is 18.4 Å². The maximum Gasteiger partial charge on any atom is 0.410 e. The fraction of sp³-hybridized carbons (Fsp3) is 0.607. The summed E-state index contributed by atoms with van der Waals surface area (Å²) in [5.41, 5.74) is 2.98. The summed E-state index contributed by atoms with van der Waals surface area (Å²) >= 11 is 0. The number of amides is 2. The van der Waals surface area contributed by atoms with Crippen molar-refractivity contribution in [3.8, 4) is 0 Å². The third-order valence-electron chi connectivity index (χ3n) is 7.50. The Morgan fingerprint density at radius 2 is 1.86 bits per heavy atom. The van der Waals surface area contributed by atoms with E-state index in [1.165, 1.54) is 13.8 Å². The summed E-state index contributed by atoms with van der Waals surface area (Å²) in [4.78, 5) is 32.7. The van der Waals surface area contributed by atoms with Gasteiger partial charge in [-0.05, 0) is 51.2 Å². The van der Waals surface area contributed by atoms with E-state index in [0.717, 1.165) is 42.6 Å². The molecule has 2 aliphatic rings. The van der Waals surface area contributed by atoms with Crippen LogP contribution in [0.25, 0.3) is 0 Å². The molecule has 4 rings (SSSR count). The molecule has 0 unspecified atom stereocenters. The fourth-order valence-corrected chi connectivity index (χ4v) is 5.30. The summed E-state index contributed by atoms with van der Waals surface area (Å²) in [6.45, 7) is 9.31. The van der Waals surface area contributed by atoms with Gasteiger partial charge in [0.25, 0.3) is 5.92 Å². The number of halogens is 2. The van der Waals surface area contributed by atoms with Gasteiger partial charge in [-0.3, -0.25) is 4.79 Å². The molecule has 1 aliphatic carbocycles. The standard InChI is InChI=1S/C28H38F2N4O3/c1-19(2)28(29,30)17-34-24-13-9-7-11-22(24)31-25(34)14-32(18-35)23-12-8-6-10-21(23)27(5)15-33(16-27)26(36)37-20(3)4/h6,8,10,12,18-20H,7,9,11,13-17H2,1-5H3. The lowest BCUT2D eigenvalue weighted by Gasteiger charge is -2.48. The average Bonchev–Trinajstić information content (AvgIpc) is 3.16. The molecule has 1 fully saturated rings. The summed E-state index contributed by atoms with van der Waals surface area (Å²) in [5.74, 6) is -3.22. The molecule has 1 aromatic carbocycles. The van der Waals surface area contributed by atoms with Gasteiger partial charge in [0.15, 0.2) is 0 Å². The second-order valence-corrected chi connectivity index (χ2v) is 11.2. The van der Waals surface area contributed by atoms with E-state index in [1.54, 1.807) is 14.4 Å². The third kappa shape index (κ3) is 5.50. The monoisotopic (exact) mass is 516 g/mol. The number of likely N-dealkylation sites (tertiary alicyclic amines) is 1. The van der Waals surface area contributed by atoms with Gasteiger partial charge in [-0.1, -0.05) is 39.0 Å². The predicted octanol–water partition coefficient (Wildman–Crippen LogP) is 5.33. The smallest absolute Gasteiger partial charge is 0.410 e. The highest BCUT2D eigenvalue weighted by Gasteiger charge is 2.45. The Kier molecular flexibility index (Phi) is 7.62. The largest absolute Gasteiger partial charge is 0.447 e. The zero-order valence-electron chi connectivity index (χ0n) is 22.5. The van der Waals surface area contributed by atoms with E-state index in [-0.39, 0.29) is 24.2 Å². The molecule has 37 heavy (non-hydrogen) atoms. The molecule has 9 heteroatoms. The van der Waals surface area contributed by atoms with Crippen LogP contribution < -0.4 is 4.90 Å². The van der Waals surface area contributed by atoms with E-state index >= 15 is 0 Å². The average molecular weight is 517 g/mol. The Labute approximate surface area is 217 Å². The number of aromatic nitrogens is 2. The number of carbonyl (C=O) groups is 2. The van der Waals surface area contributed by atoms with Crippen LogP contribution in [0, 0.1) is 5.92 Å². The van der Waals surface area contributed by atoms with Gasteiger partial charge in [-0.25, -0.2) is 18.6 Å². The van der Waals surface area contributed by atoms with E-state index in [1.807, 2.05) is 38.1 Å². The summed E-state index contributed by atoms with van der Waals surface area (Å²) < 4.78 is 36.7. The number of hydrogen-bond acceptors (Lipinski definition) is 4. The number of hydrogen-bond donors (Lipinski definition) is 0. The van der Waals surface area contributed by atoms with Gasteiger partial charge in [0.1, 0.15) is 5.82 Å². The van der Waals surface area contributed by atoms with Crippen LogP contribution in [0.2, 0.25) is 0 Å². The summed E-state index contributed by atoms with van der Waals surface area (Å²) in [5, 5.41) is 0. The van der Waals surface area contributed by atoms with Crippen molar-refractivity contribution in [3.05, 3.63) is 47.0 Å². The van der Waals surface area contributed by atoms with Crippen molar-refractivity contribution < 1.29 is 23.1 Å². The van der Waals surface area contributed by atoms with E-state index in [4.69, 9.17) is 9.72 Å². The lowest BCUT2D eigenvalue weighted by Crippen LogP contribution is -2.60. The first-order valence-electron chi connectivity index (χ1n) is 13.2. The Morgan fingerprint density at radius 3 is 2.51 bits per heavy atom. The minimum atomic E-state index is -2.89. The van der Waals surface area contributed by atoms with Gasteiger partial charge < -0.3 is 19.1 Å². The molecule has 1 saturated heterocycles. The topological polar surface area (TPSA) is 67.7 Å². The van der Waals surface area contributed by atoms with Crippen LogP contribution in [-0.2, 0) is 40.9 Å². The number of aryl methyl sites for hydroxylation is 1. The molecule has 1 aliphatic heterocycles. The molecule has 0 N–H and O–H groups in total. The first-order valence-corrected chi connectivity index (χ1v) is 13.2. The van der Waals surface area contributed by atoms with Crippen LogP contribution in [0.4, 0.5) is 19.3 Å². The molecular weight excluding hydrogens is 478 g/mol. The molecule has 0 radical (unpaired) electrons. The predicted molar refractivity (Wildman–Crippen MR) is 138 cm³/mol. The number of alkyl halides is 2. The molecule has 0 bridgehead atoms. The lowest BCUT2D eigenvalue weighted by molar-refractivity contribution is -0.107. The molecule has 1 aromatic heterocycles. The Hall–Kier alpha value is -2.97. The van der Waals surface area contributed by atoms with Crippen LogP contribution >= 0.6 is 0 Å². The molecular formula is C28H38F2N4O3. The molecule has 2 heterocycles. The number of anilines is 1. The molecule has 0 spiro atoms. The van der Waals surface area contributed by atoms with E-state index in [0.29, 0.717) is 31.0 Å². The van der Waals surface area contributed by atoms with Crippen LogP contribution in [0.5, 0.6) is 0 Å². The summed E-state index contributed by atoms with van der Waals surface area (Å²) in [6.07, 6.45) is 3.60. The maximum atomic E-state index is 14.9. The van der Waals surface area contributed by atoms with E-state index in [9.17, 15) is 18.4 Å². The Balaban J connectivity index is 1.62. The van der Waals surface area contributed by atoms with Gasteiger partial charge in [0.05, 0.1) is 24.9 Å². The van der Waals surface area contributed by atoms with E-state index in [2.05, 4.69) is 6.92 Å². The second kappa shape index (κ2) is 10.4. The van der Waals surface area contributed by atoms with Gasteiger partial charge in [-0.2, -0.15) is 0 Å². The van der Waals surface area contributed by atoms with Crippen molar-refractivity contribution in [1.82, 2.24) is 14.5 Å². The maximum absolute atomic E-state index is 14.9. The normalized spacial score (nSPS) is 16.9. The SMILES string of the molecule is CC(C)OC(=O)N1CC(C)(c2ccccc2N(C=O)Cc2nc3c(n2CC(F)(F)C(C)C)CCCC3)C1. The highest BCUT2D eigenvalue weighted by atomic mass is 19.3. The molecule has 202 valence electrons. The zero-order chi connectivity index (χ0) is 27.0. The zero-order valence-corrected chi connectivity index (χ0v) is 22.5. The van der Waals surface area contributed by atoms with Crippen molar-refractivity contribution in [2.24, 2.45) is 5.92 Å². The minimum absolute atomic E-state index is 0.0941. The highest BCUT2D eigenvalue weighted by Crippen LogP contribution is 2.40. The van der Waals surface area contributed by atoms with Gasteiger partial charge in [-0.15, -0.1) is 0 Å². The second-order valence-electron chi connectivity index (χ2n) is 11.2. The van der Waals surface area contributed by atoms with Crippen molar-refractivity contribution >= 4 is 18.2 Å². The number of rotatable bonds is 9. The van der Waals surface area contributed by atoms with Crippen molar-refractivity contribution in [2.75, 3.05) is 18.0 Å². The number of nitrogens with zero attached hydrogens (tertiary/aromatic N) is 4. The number of carbonyl (C=O) groups excluding carboxylic acids is 2. The van der Waals surface area contributed by atoms with Crippen LogP contribution in [0.1, 0.15) is 70.2 Å². The van der Waals surface area contributed by atoms with Crippen molar-refractivity contribution in [2.45, 2.75) is 90.8 Å². The van der Waals surface area contributed by atoms with Gasteiger partial charge in [0.2, 0.25) is 6.41 Å². The number of benzene rings is 1. The molecule has 2 amide bonds. The highest BCUT2D eigenvalue weighted by molar-refractivity contribution is 5.78. The number of ether oxygens (including phenoxy) is 1.